The number of nitrogens with one attached hydrogen (secondary N) is 1. The van der Waals surface area contributed by atoms with Crippen LogP contribution in [0.3, 0.4) is 0 Å². The number of benzene rings is 2. The molecule has 4 rings (SSSR count). The van der Waals surface area contributed by atoms with Gasteiger partial charge in [-0.2, -0.15) is 0 Å². The maximum atomic E-state index is 13.5. The number of halogens is 2. The highest BCUT2D eigenvalue weighted by molar-refractivity contribution is 5.78. The zero-order chi connectivity index (χ0) is 25.0. The predicted molar refractivity (Wildman–Crippen MR) is 129 cm³/mol. The fourth-order valence-corrected chi connectivity index (χ4v) is 4.79. The van der Waals surface area contributed by atoms with Crippen molar-refractivity contribution >= 4 is 23.0 Å². The van der Waals surface area contributed by atoms with E-state index in [2.05, 4.69) is 26.6 Å². The Balaban J connectivity index is 1.71. The first kappa shape index (κ1) is 25.0. The van der Waals surface area contributed by atoms with Gasteiger partial charge in [-0.25, -0.2) is 0 Å². The van der Waals surface area contributed by atoms with Gasteiger partial charge in [0.15, 0.2) is 11.5 Å². The molecule has 1 atom stereocenters. The zero-order valence-electron chi connectivity index (χ0n) is 20.1. The molecule has 2 aliphatic rings. The lowest BCUT2D eigenvalue weighted by atomic mass is 9.92. The number of carboxylic acids is 1. The van der Waals surface area contributed by atoms with Crippen molar-refractivity contribution in [2.75, 3.05) is 30.0 Å². The third-order valence-corrected chi connectivity index (χ3v) is 6.49. The summed E-state index contributed by atoms with van der Waals surface area (Å²) in [5.41, 5.74) is 3.25. The smallest absolute Gasteiger partial charge is 0.481 e. The lowest BCUT2D eigenvalue weighted by molar-refractivity contribution is -0.286. The Kier molecular flexibility index (Phi) is 7.64. The zero-order valence-corrected chi connectivity index (χ0v) is 20.1. The van der Waals surface area contributed by atoms with Crippen molar-refractivity contribution in [3.8, 4) is 11.5 Å². The Morgan fingerprint density at radius 3 is 2.57 bits per heavy atom. The molecule has 0 bridgehead atoms. The monoisotopic (exact) mass is 490 g/mol. The molecule has 2 aromatic carbocycles. The molecule has 0 amide bonds. The molecule has 0 spiro atoms. The molecule has 0 saturated carbocycles. The number of ether oxygens (including phenoxy) is 3. The second-order valence-corrected chi connectivity index (χ2v) is 8.97. The fraction of sp³-hybridized carbons (Fsp3) is 0.500. The number of carbonyl (C=O) groups is 1. The van der Waals surface area contributed by atoms with Gasteiger partial charge in [0.1, 0.15) is 0 Å². The number of hydrogen-bond donors (Lipinski definition) is 2. The summed E-state index contributed by atoms with van der Waals surface area (Å²) in [6, 6.07) is 10.9. The number of fused-ring (bicyclic) bond motifs is 1. The number of rotatable bonds is 10. The number of aliphatic carboxylic acids is 1. The topological polar surface area (TPSA) is 80.3 Å². The minimum Gasteiger partial charge on any atom is -0.481 e. The lowest BCUT2D eigenvalue weighted by Gasteiger charge is -2.37. The summed E-state index contributed by atoms with van der Waals surface area (Å²) < 4.78 is 41.7. The largest absolute Gasteiger partial charge is 0.586 e. The maximum Gasteiger partial charge on any atom is 0.586 e. The third kappa shape index (κ3) is 5.96. The van der Waals surface area contributed by atoms with Crippen LogP contribution in [-0.2, 0) is 9.53 Å². The van der Waals surface area contributed by atoms with Crippen LogP contribution in [0.15, 0.2) is 36.4 Å². The summed E-state index contributed by atoms with van der Waals surface area (Å²) in [6.07, 6.45) is -0.184. The molecule has 0 unspecified atom stereocenters. The van der Waals surface area contributed by atoms with E-state index in [4.69, 9.17) is 4.74 Å². The van der Waals surface area contributed by atoms with Gasteiger partial charge < -0.3 is 29.5 Å². The van der Waals surface area contributed by atoms with Crippen molar-refractivity contribution in [3.63, 3.8) is 0 Å². The van der Waals surface area contributed by atoms with Gasteiger partial charge in [-0.1, -0.05) is 19.9 Å². The Morgan fingerprint density at radius 1 is 1.14 bits per heavy atom. The van der Waals surface area contributed by atoms with Gasteiger partial charge in [0, 0.05) is 37.6 Å². The van der Waals surface area contributed by atoms with Gasteiger partial charge in [0.2, 0.25) is 0 Å². The first-order chi connectivity index (χ1) is 16.8. The van der Waals surface area contributed by atoms with Crippen LogP contribution in [-0.4, -0.2) is 43.2 Å². The van der Waals surface area contributed by atoms with Crippen molar-refractivity contribution in [2.45, 2.75) is 64.2 Å². The van der Waals surface area contributed by atoms with Crippen molar-refractivity contribution in [3.05, 3.63) is 42.0 Å². The molecule has 0 aliphatic carbocycles. The summed E-state index contributed by atoms with van der Waals surface area (Å²) in [5.74, 6) is -1.04. The molecule has 2 aromatic rings. The number of nitrogens with zero attached hydrogens (tertiary/aromatic N) is 1. The molecule has 9 heteroatoms. The van der Waals surface area contributed by atoms with E-state index >= 15 is 0 Å². The van der Waals surface area contributed by atoms with Gasteiger partial charge in [0.05, 0.1) is 17.8 Å². The predicted octanol–water partition coefficient (Wildman–Crippen LogP) is 6.12. The number of hydrogen-bond acceptors (Lipinski definition) is 6. The van der Waals surface area contributed by atoms with Crippen LogP contribution in [0.5, 0.6) is 11.5 Å². The van der Waals surface area contributed by atoms with Gasteiger partial charge in [-0.3, -0.25) is 4.79 Å². The molecule has 2 aliphatic heterocycles. The summed E-state index contributed by atoms with van der Waals surface area (Å²) >= 11 is 0. The van der Waals surface area contributed by atoms with E-state index in [1.165, 1.54) is 12.1 Å². The van der Waals surface area contributed by atoms with Crippen LogP contribution in [0.4, 0.5) is 25.8 Å². The average molecular weight is 491 g/mol. The minimum atomic E-state index is -3.68. The van der Waals surface area contributed by atoms with Crippen LogP contribution in [0.1, 0.15) is 57.4 Å². The van der Waals surface area contributed by atoms with Gasteiger partial charge in [-0.15, -0.1) is 8.78 Å². The highest BCUT2D eigenvalue weighted by Crippen LogP contribution is 2.43. The number of anilines is 3. The summed E-state index contributed by atoms with van der Waals surface area (Å²) in [6.45, 7) is 6.36. The number of carboxylic acid groups (broad SMARTS) is 1. The Morgan fingerprint density at radius 2 is 1.89 bits per heavy atom. The van der Waals surface area contributed by atoms with E-state index in [0.29, 0.717) is 31.4 Å². The lowest BCUT2D eigenvalue weighted by Crippen LogP contribution is -2.40. The van der Waals surface area contributed by atoms with Gasteiger partial charge >= 0.3 is 12.3 Å². The fourth-order valence-electron chi connectivity index (χ4n) is 4.79. The second kappa shape index (κ2) is 10.7. The van der Waals surface area contributed by atoms with E-state index in [1.54, 1.807) is 6.07 Å². The van der Waals surface area contributed by atoms with Crippen molar-refractivity contribution in [1.82, 2.24) is 0 Å². The van der Waals surface area contributed by atoms with Crippen LogP contribution < -0.4 is 19.7 Å². The summed E-state index contributed by atoms with van der Waals surface area (Å²) in [5, 5.41) is 12.8. The van der Waals surface area contributed by atoms with E-state index in [9.17, 15) is 18.7 Å². The first-order valence-corrected chi connectivity index (χ1v) is 12.2. The van der Waals surface area contributed by atoms with Crippen molar-refractivity contribution in [2.24, 2.45) is 0 Å². The van der Waals surface area contributed by atoms with Crippen LogP contribution >= 0.6 is 0 Å². The Hall–Kier alpha value is -3.07. The average Bonchev–Trinajstić information content (AvgIpc) is 3.14. The van der Waals surface area contributed by atoms with E-state index in [1.807, 2.05) is 25.1 Å². The van der Waals surface area contributed by atoms with Crippen molar-refractivity contribution < 1.29 is 32.9 Å². The maximum absolute atomic E-state index is 13.5. The second-order valence-electron chi connectivity index (χ2n) is 8.97. The highest BCUT2D eigenvalue weighted by Gasteiger charge is 2.43. The highest BCUT2D eigenvalue weighted by atomic mass is 19.3. The van der Waals surface area contributed by atoms with Gasteiger partial charge in [-0.05, 0) is 61.4 Å². The molecule has 2 heterocycles. The summed E-state index contributed by atoms with van der Waals surface area (Å²) in [7, 11) is 0. The normalized spacial score (nSPS) is 17.7. The molecule has 0 aromatic heterocycles. The van der Waals surface area contributed by atoms with Crippen molar-refractivity contribution in [1.29, 1.82) is 0 Å². The molecule has 190 valence electrons. The van der Waals surface area contributed by atoms with E-state index < -0.39 is 12.3 Å². The van der Waals surface area contributed by atoms with E-state index in [-0.39, 0.29) is 23.8 Å². The molecule has 1 saturated heterocycles. The SMILES string of the molecule is CCCN(c1ccc([C@H](CC)CC(=O)O)cc1Nc1ccc2c(c1)OC(F)(F)O2)C1CCOCC1. The standard InChI is InChI=1S/C26H32F2N2O5/c1-3-11-30(20-9-12-33-13-10-20)22-7-5-18(17(4-2)15-25(31)32)14-21(22)29-19-6-8-23-24(16-19)35-26(27,28)34-23/h5-8,14,16-17,20,29H,3-4,9-13,15H2,1-2H3,(H,31,32)/t17-/m1/s1. The van der Waals surface area contributed by atoms with Gasteiger partial charge in [0.25, 0.3) is 0 Å². The third-order valence-electron chi connectivity index (χ3n) is 6.49. The first-order valence-electron chi connectivity index (χ1n) is 12.2. The van der Waals surface area contributed by atoms with Crippen LogP contribution in [0, 0.1) is 0 Å². The van der Waals surface area contributed by atoms with E-state index in [0.717, 1.165) is 42.7 Å². The summed E-state index contributed by atoms with van der Waals surface area (Å²) in [4.78, 5) is 13.8. The minimum absolute atomic E-state index is 0.0168. The molecular weight excluding hydrogens is 458 g/mol. The van der Waals surface area contributed by atoms with Crippen LogP contribution in [0.25, 0.3) is 0 Å². The molecule has 35 heavy (non-hydrogen) atoms. The molecule has 2 N–H and O–H groups in total. The Labute approximate surface area is 204 Å². The number of alkyl halides is 2. The molecule has 7 nitrogen and oxygen atoms in total. The molecule has 1 fully saturated rings. The quantitative estimate of drug-likeness (QED) is 0.416. The molecule has 0 radical (unpaired) electrons. The van der Waals surface area contributed by atoms with Crippen LogP contribution in [0.2, 0.25) is 0 Å². The molecular formula is C26H32F2N2O5. The Bertz CT molecular complexity index is 1040.